The molecule has 0 amide bonds. The summed E-state index contributed by atoms with van der Waals surface area (Å²) < 4.78 is 5.37. The molecule has 2 aromatic rings. The molecular formula is C16H19ClN2O. The summed E-state index contributed by atoms with van der Waals surface area (Å²) in [5.74, 6) is 2.25. The van der Waals surface area contributed by atoms with Gasteiger partial charge in [-0.1, -0.05) is 11.6 Å². The van der Waals surface area contributed by atoms with Gasteiger partial charge in [0.25, 0.3) is 0 Å². The maximum absolute atomic E-state index is 6.21. The lowest BCUT2D eigenvalue weighted by molar-refractivity contribution is 0.0876. The van der Waals surface area contributed by atoms with Gasteiger partial charge in [-0.25, -0.2) is 0 Å². The molecule has 1 N–H and O–H groups in total. The largest absolute Gasteiger partial charge is 0.495 e. The van der Waals surface area contributed by atoms with E-state index in [1.54, 1.807) is 7.11 Å². The first kappa shape index (κ1) is 12.5. The number of rotatable bonds is 2. The van der Waals surface area contributed by atoms with E-state index in [9.17, 15) is 0 Å². The monoisotopic (exact) mass is 290 g/mol. The molecule has 20 heavy (non-hydrogen) atoms. The fraction of sp³-hybridized carbons (Fsp3) is 0.500. The zero-order chi connectivity index (χ0) is 13.7. The molecule has 106 valence electrons. The van der Waals surface area contributed by atoms with Crippen LogP contribution in [0.4, 0.5) is 0 Å². The van der Waals surface area contributed by atoms with Crippen LogP contribution in [0.25, 0.3) is 10.9 Å². The van der Waals surface area contributed by atoms with E-state index in [1.165, 1.54) is 43.4 Å². The number of aromatic amines is 1. The van der Waals surface area contributed by atoms with E-state index >= 15 is 0 Å². The molecule has 4 heterocycles. The lowest BCUT2D eigenvalue weighted by Crippen LogP contribution is -2.46. The lowest BCUT2D eigenvalue weighted by Gasteiger charge is -2.44. The summed E-state index contributed by atoms with van der Waals surface area (Å²) in [6, 6.07) is 4.06. The smallest absolute Gasteiger partial charge is 0.138 e. The highest BCUT2D eigenvalue weighted by molar-refractivity contribution is 6.32. The third-order valence-corrected chi connectivity index (χ3v) is 5.34. The summed E-state index contributed by atoms with van der Waals surface area (Å²) in [5, 5.41) is 1.94. The molecular weight excluding hydrogens is 272 g/mol. The van der Waals surface area contributed by atoms with Crippen molar-refractivity contribution in [2.24, 2.45) is 5.92 Å². The number of H-pyrrole nitrogens is 1. The van der Waals surface area contributed by atoms with E-state index in [4.69, 9.17) is 16.3 Å². The number of piperidine rings is 3. The summed E-state index contributed by atoms with van der Waals surface area (Å²) in [4.78, 5) is 5.97. The van der Waals surface area contributed by atoms with Crippen LogP contribution in [0.3, 0.4) is 0 Å². The second-order valence-corrected chi connectivity index (χ2v) is 6.43. The molecule has 2 bridgehead atoms. The van der Waals surface area contributed by atoms with Crippen molar-refractivity contribution in [3.63, 3.8) is 0 Å². The summed E-state index contributed by atoms with van der Waals surface area (Å²) >= 11 is 6.21. The van der Waals surface area contributed by atoms with Crippen molar-refractivity contribution in [3.8, 4) is 5.75 Å². The van der Waals surface area contributed by atoms with Crippen LogP contribution in [0.15, 0.2) is 18.3 Å². The topological polar surface area (TPSA) is 28.3 Å². The Morgan fingerprint density at radius 2 is 2.10 bits per heavy atom. The third-order valence-electron chi connectivity index (χ3n) is 5.04. The maximum Gasteiger partial charge on any atom is 0.138 e. The molecule has 5 rings (SSSR count). The number of halogens is 1. The van der Waals surface area contributed by atoms with Gasteiger partial charge in [0.1, 0.15) is 5.75 Å². The fourth-order valence-corrected chi connectivity index (χ4v) is 4.17. The fourth-order valence-electron chi connectivity index (χ4n) is 3.93. The number of hydrogen-bond acceptors (Lipinski definition) is 2. The molecule has 0 aliphatic carbocycles. The molecule has 0 saturated carbocycles. The number of ether oxygens (including phenoxy) is 1. The highest BCUT2D eigenvalue weighted by atomic mass is 35.5. The minimum absolute atomic E-state index is 0.650. The van der Waals surface area contributed by atoms with E-state index in [-0.39, 0.29) is 0 Å². The van der Waals surface area contributed by atoms with Crippen molar-refractivity contribution >= 4 is 22.5 Å². The van der Waals surface area contributed by atoms with Crippen molar-refractivity contribution in [1.82, 2.24) is 9.88 Å². The molecule has 3 nitrogen and oxygen atoms in total. The Balaban J connectivity index is 1.80. The van der Waals surface area contributed by atoms with Gasteiger partial charge in [0.05, 0.1) is 12.1 Å². The van der Waals surface area contributed by atoms with Crippen LogP contribution >= 0.6 is 11.6 Å². The highest BCUT2D eigenvalue weighted by Gasteiger charge is 2.36. The molecule has 3 fully saturated rings. The normalized spacial score (nSPS) is 29.0. The van der Waals surface area contributed by atoms with Crippen LogP contribution in [0.2, 0.25) is 5.02 Å². The summed E-state index contributed by atoms with van der Waals surface area (Å²) in [6.07, 6.45) is 4.84. The van der Waals surface area contributed by atoms with Gasteiger partial charge in [0, 0.05) is 29.6 Å². The molecule has 0 spiro atoms. The number of methoxy groups -OCH3 is 1. The van der Waals surface area contributed by atoms with Crippen LogP contribution in [0.5, 0.6) is 5.75 Å². The van der Waals surface area contributed by atoms with Gasteiger partial charge in [-0.05, 0) is 49.5 Å². The first-order valence-electron chi connectivity index (χ1n) is 7.33. The molecule has 3 aliphatic rings. The van der Waals surface area contributed by atoms with Crippen LogP contribution in [-0.2, 0) is 0 Å². The Morgan fingerprint density at radius 3 is 2.75 bits per heavy atom. The van der Waals surface area contributed by atoms with Gasteiger partial charge in [-0.2, -0.15) is 0 Å². The quantitative estimate of drug-likeness (QED) is 0.915. The van der Waals surface area contributed by atoms with E-state index < -0.39 is 0 Å². The molecule has 1 unspecified atom stereocenters. The van der Waals surface area contributed by atoms with Gasteiger partial charge in [-0.3, -0.25) is 0 Å². The third kappa shape index (κ3) is 1.84. The Morgan fingerprint density at radius 1 is 1.30 bits per heavy atom. The second kappa shape index (κ2) is 4.68. The number of benzene rings is 1. The SMILES string of the molecule is COc1cc2c(C3CN4CCC3CC4)c[nH]c2cc1Cl. The van der Waals surface area contributed by atoms with Crippen molar-refractivity contribution in [3.05, 3.63) is 28.9 Å². The molecule has 1 atom stereocenters. The van der Waals surface area contributed by atoms with Crippen molar-refractivity contribution in [1.29, 1.82) is 0 Å². The van der Waals surface area contributed by atoms with Crippen LogP contribution in [-0.4, -0.2) is 36.6 Å². The van der Waals surface area contributed by atoms with Gasteiger partial charge in [-0.15, -0.1) is 0 Å². The Kier molecular flexibility index (Phi) is 2.93. The van der Waals surface area contributed by atoms with Crippen LogP contribution < -0.4 is 4.74 Å². The van der Waals surface area contributed by atoms with Crippen molar-refractivity contribution < 1.29 is 4.74 Å². The number of nitrogens with zero attached hydrogens (tertiary/aromatic N) is 1. The summed E-state index contributed by atoms with van der Waals surface area (Å²) in [6.45, 7) is 3.75. The molecule has 1 aromatic heterocycles. The van der Waals surface area contributed by atoms with Gasteiger partial charge >= 0.3 is 0 Å². The zero-order valence-electron chi connectivity index (χ0n) is 11.7. The average Bonchev–Trinajstić information content (AvgIpc) is 2.90. The summed E-state index contributed by atoms with van der Waals surface area (Å²) in [5.41, 5.74) is 2.55. The number of nitrogens with one attached hydrogen (secondary N) is 1. The van der Waals surface area contributed by atoms with E-state index in [0.717, 1.165) is 17.2 Å². The predicted molar refractivity (Wildman–Crippen MR) is 81.8 cm³/mol. The highest BCUT2D eigenvalue weighted by Crippen LogP contribution is 2.42. The van der Waals surface area contributed by atoms with Crippen molar-refractivity contribution in [2.45, 2.75) is 18.8 Å². The molecule has 1 aromatic carbocycles. The molecule has 0 radical (unpaired) electrons. The average molecular weight is 291 g/mol. The van der Waals surface area contributed by atoms with Gasteiger partial charge in [0.15, 0.2) is 0 Å². The van der Waals surface area contributed by atoms with E-state index in [1.807, 2.05) is 6.07 Å². The molecule has 4 heteroatoms. The Labute approximate surface area is 123 Å². The first-order chi connectivity index (χ1) is 9.76. The van der Waals surface area contributed by atoms with E-state index in [2.05, 4.69) is 22.1 Å². The van der Waals surface area contributed by atoms with Crippen LogP contribution in [0.1, 0.15) is 24.3 Å². The zero-order valence-corrected chi connectivity index (χ0v) is 12.4. The number of aromatic nitrogens is 1. The van der Waals surface area contributed by atoms with Gasteiger partial charge < -0.3 is 14.6 Å². The number of hydrogen-bond donors (Lipinski definition) is 1. The van der Waals surface area contributed by atoms with Crippen molar-refractivity contribution in [2.75, 3.05) is 26.7 Å². The predicted octanol–water partition coefficient (Wildman–Crippen LogP) is 3.64. The lowest BCUT2D eigenvalue weighted by atomic mass is 9.75. The van der Waals surface area contributed by atoms with Crippen LogP contribution in [0, 0.1) is 5.92 Å². The number of fused-ring (bicyclic) bond motifs is 4. The second-order valence-electron chi connectivity index (χ2n) is 6.02. The summed E-state index contributed by atoms with van der Waals surface area (Å²) in [7, 11) is 1.67. The molecule has 3 aliphatic heterocycles. The van der Waals surface area contributed by atoms with Gasteiger partial charge in [0.2, 0.25) is 0 Å². The minimum Gasteiger partial charge on any atom is -0.495 e. The maximum atomic E-state index is 6.21. The Hall–Kier alpha value is -1.19. The molecule has 3 saturated heterocycles. The standard InChI is InChI=1S/C16H19ClN2O/c1-20-16-6-11-12(8-18-15(11)7-14(16)17)13-9-19-4-2-10(13)3-5-19/h6-8,10,13,18H,2-5,9H2,1H3. The minimum atomic E-state index is 0.650. The Bertz CT molecular complexity index is 643. The first-order valence-corrected chi connectivity index (χ1v) is 7.71. The van der Waals surface area contributed by atoms with E-state index in [0.29, 0.717) is 10.9 Å².